The van der Waals surface area contributed by atoms with Crippen molar-refractivity contribution >= 4 is 11.9 Å². The molecule has 0 radical (unpaired) electrons. The number of ether oxygens (including phenoxy) is 1. The summed E-state index contributed by atoms with van der Waals surface area (Å²) in [7, 11) is 0. The van der Waals surface area contributed by atoms with E-state index in [0.717, 1.165) is 28.7 Å². The standard InChI is InChI=1S/C19H18F2N2O3/c1-12-3-6-14(7-4-12)26-10-9-23-17(24)19(2,22-18(23)25)15-11-13(20)5-8-16(15)21/h3-8,11H,9-10H2,1-2H3,(H,22,25). The van der Waals surface area contributed by atoms with Crippen LogP contribution in [0, 0.1) is 18.6 Å². The third-order valence-electron chi connectivity index (χ3n) is 4.35. The van der Waals surface area contributed by atoms with E-state index in [1.165, 1.54) is 6.92 Å². The molecule has 0 aliphatic carbocycles. The molecule has 1 unspecified atom stereocenters. The van der Waals surface area contributed by atoms with E-state index in [0.29, 0.717) is 5.75 Å². The SMILES string of the molecule is Cc1ccc(OCCN2C(=O)NC(C)(c3cc(F)ccc3F)C2=O)cc1. The van der Waals surface area contributed by atoms with Crippen molar-refractivity contribution in [2.75, 3.05) is 13.2 Å². The fourth-order valence-corrected chi connectivity index (χ4v) is 2.85. The minimum atomic E-state index is -1.66. The van der Waals surface area contributed by atoms with Crippen LogP contribution < -0.4 is 10.1 Å². The predicted molar refractivity (Wildman–Crippen MR) is 90.6 cm³/mol. The van der Waals surface area contributed by atoms with Crippen molar-refractivity contribution < 1.29 is 23.1 Å². The molecule has 1 heterocycles. The lowest BCUT2D eigenvalue weighted by Crippen LogP contribution is -2.42. The molecule has 7 heteroatoms. The number of hydrogen-bond acceptors (Lipinski definition) is 3. The number of urea groups is 1. The van der Waals surface area contributed by atoms with Crippen molar-refractivity contribution in [2.24, 2.45) is 0 Å². The van der Waals surface area contributed by atoms with Gasteiger partial charge in [-0.05, 0) is 44.2 Å². The smallest absolute Gasteiger partial charge is 0.325 e. The van der Waals surface area contributed by atoms with Crippen LogP contribution in [0.3, 0.4) is 0 Å². The monoisotopic (exact) mass is 360 g/mol. The highest BCUT2D eigenvalue weighted by Gasteiger charge is 2.50. The number of nitrogens with one attached hydrogen (secondary N) is 1. The molecule has 3 amide bonds. The van der Waals surface area contributed by atoms with Crippen molar-refractivity contribution in [3.63, 3.8) is 0 Å². The average molecular weight is 360 g/mol. The second kappa shape index (κ2) is 6.74. The first-order valence-corrected chi connectivity index (χ1v) is 8.10. The van der Waals surface area contributed by atoms with E-state index < -0.39 is 29.1 Å². The predicted octanol–water partition coefficient (Wildman–Crippen LogP) is 3.12. The van der Waals surface area contributed by atoms with E-state index in [1.54, 1.807) is 12.1 Å². The molecule has 136 valence electrons. The van der Waals surface area contributed by atoms with Gasteiger partial charge in [-0.15, -0.1) is 0 Å². The van der Waals surface area contributed by atoms with Gasteiger partial charge in [0.2, 0.25) is 0 Å². The lowest BCUT2D eigenvalue weighted by molar-refractivity contribution is -0.131. The molecule has 0 aromatic heterocycles. The van der Waals surface area contributed by atoms with E-state index in [-0.39, 0.29) is 18.7 Å². The van der Waals surface area contributed by atoms with Gasteiger partial charge in [0.15, 0.2) is 0 Å². The first-order valence-electron chi connectivity index (χ1n) is 8.10. The molecule has 1 atom stereocenters. The van der Waals surface area contributed by atoms with Crippen LogP contribution >= 0.6 is 0 Å². The molecular formula is C19H18F2N2O3. The van der Waals surface area contributed by atoms with Crippen molar-refractivity contribution in [1.29, 1.82) is 0 Å². The Morgan fingerprint density at radius 2 is 1.81 bits per heavy atom. The molecule has 3 rings (SSSR count). The number of aryl methyl sites for hydroxylation is 1. The Hall–Kier alpha value is -2.96. The van der Waals surface area contributed by atoms with Crippen LogP contribution in [0.2, 0.25) is 0 Å². The van der Waals surface area contributed by atoms with E-state index in [9.17, 15) is 18.4 Å². The lowest BCUT2D eigenvalue weighted by atomic mass is 9.91. The molecular weight excluding hydrogens is 342 g/mol. The Labute approximate surface area is 149 Å². The second-order valence-corrected chi connectivity index (χ2v) is 6.30. The van der Waals surface area contributed by atoms with Crippen LogP contribution in [-0.2, 0) is 10.3 Å². The Morgan fingerprint density at radius 3 is 2.50 bits per heavy atom. The molecule has 1 aliphatic rings. The summed E-state index contributed by atoms with van der Waals surface area (Å²) in [6.07, 6.45) is 0. The molecule has 0 bridgehead atoms. The fraction of sp³-hybridized carbons (Fsp3) is 0.263. The molecule has 1 saturated heterocycles. The maximum absolute atomic E-state index is 14.1. The molecule has 2 aromatic rings. The van der Waals surface area contributed by atoms with Gasteiger partial charge < -0.3 is 10.1 Å². The van der Waals surface area contributed by atoms with Crippen molar-refractivity contribution in [1.82, 2.24) is 10.2 Å². The van der Waals surface area contributed by atoms with Crippen LogP contribution in [0.1, 0.15) is 18.1 Å². The summed E-state index contributed by atoms with van der Waals surface area (Å²) < 4.78 is 33.1. The van der Waals surface area contributed by atoms with Crippen LogP contribution in [0.25, 0.3) is 0 Å². The zero-order valence-electron chi connectivity index (χ0n) is 14.4. The van der Waals surface area contributed by atoms with Gasteiger partial charge in [-0.3, -0.25) is 9.69 Å². The summed E-state index contributed by atoms with van der Waals surface area (Å²) in [5.41, 5.74) is -0.787. The number of amides is 3. The molecule has 1 fully saturated rings. The molecule has 0 saturated carbocycles. The first kappa shape index (κ1) is 17.8. The van der Waals surface area contributed by atoms with Crippen molar-refractivity contribution in [2.45, 2.75) is 19.4 Å². The minimum absolute atomic E-state index is 0.00886. The molecule has 26 heavy (non-hydrogen) atoms. The topological polar surface area (TPSA) is 58.6 Å². The molecule has 2 aromatic carbocycles. The first-order chi connectivity index (χ1) is 12.3. The van der Waals surface area contributed by atoms with Crippen LogP contribution in [0.15, 0.2) is 42.5 Å². The summed E-state index contributed by atoms with van der Waals surface area (Å²) in [6, 6.07) is 9.46. The normalized spacial score (nSPS) is 19.6. The number of nitrogens with zero attached hydrogens (tertiary/aromatic N) is 1. The van der Waals surface area contributed by atoms with Crippen LogP contribution in [-0.4, -0.2) is 30.0 Å². The number of benzene rings is 2. The highest BCUT2D eigenvalue weighted by Crippen LogP contribution is 2.31. The third kappa shape index (κ3) is 3.24. The molecule has 1 aliphatic heterocycles. The van der Waals surface area contributed by atoms with Crippen molar-refractivity contribution in [3.8, 4) is 5.75 Å². The third-order valence-corrected chi connectivity index (χ3v) is 4.35. The van der Waals surface area contributed by atoms with Crippen LogP contribution in [0.5, 0.6) is 5.75 Å². The highest BCUT2D eigenvalue weighted by atomic mass is 19.1. The fourth-order valence-electron chi connectivity index (χ4n) is 2.85. The summed E-state index contributed by atoms with van der Waals surface area (Å²) in [5.74, 6) is -1.49. The Kier molecular flexibility index (Phi) is 4.63. The minimum Gasteiger partial charge on any atom is -0.492 e. The molecule has 0 spiro atoms. The van der Waals surface area contributed by atoms with Gasteiger partial charge in [-0.1, -0.05) is 17.7 Å². The van der Waals surface area contributed by atoms with Gasteiger partial charge in [-0.2, -0.15) is 0 Å². The van der Waals surface area contributed by atoms with Gasteiger partial charge in [0.05, 0.1) is 6.54 Å². The van der Waals surface area contributed by atoms with E-state index in [2.05, 4.69) is 5.32 Å². The number of imide groups is 1. The van der Waals surface area contributed by atoms with Gasteiger partial charge in [0, 0.05) is 5.56 Å². The zero-order chi connectivity index (χ0) is 18.9. The van der Waals surface area contributed by atoms with Gasteiger partial charge >= 0.3 is 6.03 Å². The maximum atomic E-state index is 14.1. The van der Waals surface area contributed by atoms with Crippen molar-refractivity contribution in [3.05, 3.63) is 65.2 Å². The summed E-state index contributed by atoms with van der Waals surface area (Å²) in [5, 5.41) is 2.45. The average Bonchev–Trinajstić information content (AvgIpc) is 2.82. The Morgan fingerprint density at radius 1 is 1.12 bits per heavy atom. The Bertz CT molecular complexity index is 854. The molecule has 5 nitrogen and oxygen atoms in total. The van der Waals surface area contributed by atoms with E-state index in [1.807, 2.05) is 19.1 Å². The number of halogens is 2. The Balaban J connectivity index is 1.72. The van der Waals surface area contributed by atoms with E-state index in [4.69, 9.17) is 4.74 Å². The van der Waals surface area contributed by atoms with Gasteiger partial charge in [-0.25, -0.2) is 13.6 Å². The van der Waals surface area contributed by atoms with E-state index >= 15 is 0 Å². The quantitative estimate of drug-likeness (QED) is 0.834. The second-order valence-electron chi connectivity index (χ2n) is 6.30. The summed E-state index contributed by atoms with van der Waals surface area (Å²) in [6.45, 7) is 3.38. The number of hydrogen-bond donors (Lipinski definition) is 1. The zero-order valence-corrected chi connectivity index (χ0v) is 14.4. The number of rotatable bonds is 5. The largest absolute Gasteiger partial charge is 0.492 e. The lowest BCUT2D eigenvalue weighted by Gasteiger charge is -2.22. The number of carbonyl (C=O) groups excluding carboxylic acids is 2. The summed E-state index contributed by atoms with van der Waals surface area (Å²) in [4.78, 5) is 25.8. The molecule has 1 N–H and O–H groups in total. The number of carbonyl (C=O) groups is 2. The highest BCUT2D eigenvalue weighted by molar-refractivity contribution is 6.07. The summed E-state index contributed by atoms with van der Waals surface area (Å²) >= 11 is 0. The van der Waals surface area contributed by atoms with Crippen LogP contribution in [0.4, 0.5) is 13.6 Å². The maximum Gasteiger partial charge on any atom is 0.325 e. The van der Waals surface area contributed by atoms with Gasteiger partial charge in [0.1, 0.15) is 29.5 Å². The van der Waals surface area contributed by atoms with Gasteiger partial charge in [0.25, 0.3) is 5.91 Å².